The molecule has 0 aromatic carbocycles. The van der Waals surface area contributed by atoms with Crippen LogP contribution in [0.25, 0.3) is 0 Å². The third kappa shape index (κ3) is 3.47. The smallest absolute Gasteiger partial charge is 0.283 e. The zero-order valence-corrected chi connectivity index (χ0v) is 13.2. The largest absolute Gasteiger partial charge is 0.381 e. The third-order valence-electron chi connectivity index (χ3n) is 2.84. The molecule has 0 bridgehead atoms. The van der Waals surface area contributed by atoms with Gasteiger partial charge in [-0.25, -0.2) is 4.68 Å². The monoisotopic (exact) mass is 339 g/mol. The van der Waals surface area contributed by atoms with E-state index in [-0.39, 0.29) is 5.56 Å². The highest BCUT2D eigenvalue weighted by Gasteiger charge is 2.07. The van der Waals surface area contributed by atoms with Gasteiger partial charge in [0.1, 0.15) is 4.47 Å². The number of aromatic nitrogens is 4. The molecule has 0 fully saturated rings. The zero-order chi connectivity index (χ0) is 14.5. The minimum Gasteiger partial charge on any atom is -0.381 e. The summed E-state index contributed by atoms with van der Waals surface area (Å²) in [4.78, 5) is 12.0. The van der Waals surface area contributed by atoms with Crippen LogP contribution in [-0.4, -0.2) is 26.1 Å². The molecule has 0 saturated carbocycles. The molecule has 0 amide bonds. The Hall–Kier alpha value is -1.63. The Kier molecular flexibility index (Phi) is 4.94. The molecule has 0 saturated heterocycles. The summed E-state index contributed by atoms with van der Waals surface area (Å²) in [7, 11) is 0. The van der Waals surface area contributed by atoms with Crippen molar-refractivity contribution in [1.29, 1.82) is 0 Å². The Morgan fingerprint density at radius 3 is 2.75 bits per heavy atom. The Labute approximate surface area is 125 Å². The second kappa shape index (κ2) is 6.69. The van der Waals surface area contributed by atoms with Crippen LogP contribution < -0.4 is 10.9 Å². The molecule has 2 rings (SSSR count). The van der Waals surface area contributed by atoms with E-state index in [0.29, 0.717) is 23.2 Å². The molecule has 2 aromatic rings. The van der Waals surface area contributed by atoms with Gasteiger partial charge >= 0.3 is 0 Å². The topological polar surface area (TPSA) is 64.7 Å². The fourth-order valence-corrected chi connectivity index (χ4v) is 2.30. The predicted molar refractivity (Wildman–Crippen MR) is 81.9 cm³/mol. The molecule has 0 atom stereocenters. The van der Waals surface area contributed by atoms with Crippen LogP contribution in [0.15, 0.2) is 27.9 Å². The fourth-order valence-electron chi connectivity index (χ4n) is 1.85. The number of rotatable bonds is 6. The second-order valence-electron chi connectivity index (χ2n) is 4.61. The van der Waals surface area contributed by atoms with Crippen molar-refractivity contribution in [2.75, 3.05) is 11.9 Å². The van der Waals surface area contributed by atoms with E-state index in [0.717, 1.165) is 18.5 Å². The van der Waals surface area contributed by atoms with Crippen LogP contribution in [0.5, 0.6) is 0 Å². The number of nitrogens with zero attached hydrogens (tertiary/aromatic N) is 4. The maximum atomic E-state index is 12.0. The molecule has 0 aliphatic carbocycles. The van der Waals surface area contributed by atoms with Crippen LogP contribution in [0.3, 0.4) is 0 Å². The van der Waals surface area contributed by atoms with E-state index in [1.54, 1.807) is 6.20 Å². The van der Waals surface area contributed by atoms with Gasteiger partial charge in [-0.3, -0.25) is 9.48 Å². The predicted octanol–water partition coefficient (Wildman–Crippen LogP) is 2.03. The highest BCUT2D eigenvalue weighted by Crippen LogP contribution is 2.15. The van der Waals surface area contributed by atoms with Crippen molar-refractivity contribution in [3.8, 4) is 0 Å². The van der Waals surface area contributed by atoms with Crippen LogP contribution >= 0.6 is 15.9 Å². The Morgan fingerprint density at radius 1 is 1.30 bits per heavy atom. The molecule has 0 spiro atoms. The summed E-state index contributed by atoms with van der Waals surface area (Å²) in [6.07, 6.45) is 6.36. The maximum absolute atomic E-state index is 12.0. The van der Waals surface area contributed by atoms with E-state index < -0.39 is 0 Å². The molecule has 1 N–H and O–H groups in total. The molecule has 108 valence electrons. The standard InChI is InChI=1S/C13H18BrN5O/c1-3-5-19-13(20)12(14)11(8-17-19)15-4-6-18-9-10(2)7-16-18/h7-9,15H,3-6H2,1-2H3. The van der Waals surface area contributed by atoms with Crippen LogP contribution in [0, 0.1) is 6.92 Å². The van der Waals surface area contributed by atoms with Crippen LogP contribution in [0.2, 0.25) is 0 Å². The Morgan fingerprint density at radius 2 is 2.10 bits per heavy atom. The lowest BCUT2D eigenvalue weighted by Gasteiger charge is -2.10. The summed E-state index contributed by atoms with van der Waals surface area (Å²) in [5, 5.41) is 11.6. The molecule has 2 aromatic heterocycles. The van der Waals surface area contributed by atoms with E-state index in [9.17, 15) is 4.79 Å². The number of hydrogen-bond acceptors (Lipinski definition) is 4. The van der Waals surface area contributed by atoms with E-state index >= 15 is 0 Å². The molecule has 2 heterocycles. The number of hydrogen-bond donors (Lipinski definition) is 1. The Bertz CT molecular complexity index is 634. The summed E-state index contributed by atoms with van der Waals surface area (Å²) in [5.74, 6) is 0. The molecule has 0 aliphatic rings. The summed E-state index contributed by atoms with van der Waals surface area (Å²) >= 11 is 3.33. The van der Waals surface area contributed by atoms with Crippen molar-refractivity contribution < 1.29 is 0 Å². The van der Waals surface area contributed by atoms with Gasteiger partial charge in [0, 0.05) is 19.3 Å². The van der Waals surface area contributed by atoms with Gasteiger partial charge in [0.05, 0.1) is 24.6 Å². The number of aryl methyl sites for hydroxylation is 2. The van der Waals surface area contributed by atoms with Crippen molar-refractivity contribution in [3.63, 3.8) is 0 Å². The van der Waals surface area contributed by atoms with Crippen molar-refractivity contribution in [2.45, 2.75) is 33.4 Å². The van der Waals surface area contributed by atoms with Gasteiger partial charge in [0.25, 0.3) is 5.56 Å². The molecule has 6 nitrogen and oxygen atoms in total. The Balaban J connectivity index is 1.99. The van der Waals surface area contributed by atoms with E-state index in [1.165, 1.54) is 4.68 Å². The zero-order valence-electron chi connectivity index (χ0n) is 11.6. The van der Waals surface area contributed by atoms with Crippen molar-refractivity contribution in [2.24, 2.45) is 0 Å². The molecule has 0 unspecified atom stereocenters. The molecule has 0 radical (unpaired) electrons. The first-order valence-electron chi connectivity index (χ1n) is 6.60. The molecule has 0 aliphatic heterocycles. The first-order chi connectivity index (χ1) is 9.61. The summed E-state index contributed by atoms with van der Waals surface area (Å²) < 4.78 is 3.85. The van der Waals surface area contributed by atoms with E-state index in [1.807, 2.05) is 30.9 Å². The van der Waals surface area contributed by atoms with Crippen LogP contribution in [-0.2, 0) is 13.1 Å². The number of halogens is 1. The first-order valence-corrected chi connectivity index (χ1v) is 7.39. The molecular weight excluding hydrogens is 322 g/mol. The van der Waals surface area contributed by atoms with E-state index in [4.69, 9.17) is 0 Å². The van der Waals surface area contributed by atoms with E-state index in [2.05, 4.69) is 31.4 Å². The SMILES string of the molecule is CCCn1ncc(NCCn2cc(C)cn2)c(Br)c1=O. The maximum Gasteiger partial charge on any atom is 0.283 e. The highest BCUT2D eigenvalue weighted by atomic mass is 79.9. The minimum absolute atomic E-state index is 0.105. The minimum atomic E-state index is -0.105. The fraction of sp³-hybridized carbons (Fsp3) is 0.462. The van der Waals surface area contributed by atoms with Gasteiger partial charge in [-0.15, -0.1) is 0 Å². The average molecular weight is 340 g/mol. The summed E-state index contributed by atoms with van der Waals surface area (Å²) in [6, 6.07) is 0. The second-order valence-corrected chi connectivity index (χ2v) is 5.40. The molecule has 7 heteroatoms. The van der Waals surface area contributed by atoms with Crippen LogP contribution in [0.1, 0.15) is 18.9 Å². The lowest BCUT2D eigenvalue weighted by molar-refractivity contribution is 0.565. The average Bonchev–Trinajstić information content (AvgIpc) is 2.84. The number of anilines is 1. The van der Waals surface area contributed by atoms with Crippen LogP contribution in [0.4, 0.5) is 5.69 Å². The molecule has 20 heavy (non-hydrogen) atoms. The summed E-state index contributed by atoms with van der Waals surface area (Å²) in [6.45, 7) is 6.06. The first kappa shape index (κ1) is 14.8. The lowest BCUT2D eigenvalue weighted by Crippen LogP contribution is -2.25. The van der Waals surface area contributed by atoms with Crippen molar-refractivity contribution in [3.05, 3.63) is 39.0 Å². The van der Waals surface area contributed by atoms with Gasteiger partial charge in [-0.1, -0.05) is 6.92 Å². The summed E-state index contributed by atoms with van der Waals surface area (Å²) in [5.41, 5.74) is 1.74. The van der Waals surface area contributed by atoms with Gasteiger partial charge in [-0.2, -0.15) is 10.2 Å². The number of nitrogens with one attached hydrogen (secondary N) is 1. The van der Waals surface area contributed by atoms with Gasteiger partial charge in [0.15, 0.2) is 0 Å². The van der Waals surface area contributed by atoms with Gasteiger partial charge in [-0.05, 0) is 34.8 Å². The highest BCUT2D eigenvalue weighted by molar-refractivity contribution is 9.10. The third-order valence-corrected chi connectivity index (χ3v) is 3.61. The van der Waals surface area contributed by atoms with Crippen molar-refractivity contribution in [1.82, 2.24) is 19.6 Å². The van der Waals surface area contributed by atoms with Gasteiger partial charge in [0.2, 0.25) is 0 Å². The van der Waals surface area contributed by atoms with Gasteiger partial charge < -0.3 is 5.32 Å². The normalized spacial score (nSPS) is 10.8. The van der Waals surface area contributed by atoms with Crippen molar-refractivity contribution >= 4 is 21.6 Å². The molecular formula is C13H18BrN5O. The quantitative estimate of drug-likeness (QED) is 0.874. The lowest BCUT2D eigenvalue weighted by atomic mass is 10.4.